The second-order valence-corrected chi connectivity index (χ2v) is 3.17. The van der Waals surface area contributed by atoms with Gasteiger partial charge in [0.2, 0.25) is 0 Å². The van der Waals surface area contributed by atoms with Crippen LogP contribution in [0.25, 0.3) is 0 Å². The van der Waals surface area contributed by atoms with Crippen LogP contribution in [0, 0.1) is 0 Å². The molecule has 1 aliphatic heterocycles. The molecule has 1 aliphatic rings. The summed E-state index contributed by atoms with van der Waals surface area (Å²) < 4.78 is 10.6. The SMILES string of the molecule is CCN1CCO[C@H](CCOC)C1. The molecule has 0 aromatic rings. The molecule has 12 heavy (non-hydrogen) atoms. The molecule has 0 unspecified atom stereocenters. The van der Waals surface area contributed by atoms with Crippen molar-refractivity contribution in [3.8, 4) is 0 Å². The summed E-state index contributed by atoms with van der Waals surface area (Å²) in [6, 6.07) is 0. The minimum absolute atomic E-state index is 0.388. The summed E-state index contributed by atoms with van der Waals surface area (Å²) in [7, 11) is 1.74. The van der Waals surface area contributed by atoms with Crippen molar-refractivity contribution in [2.75, 3.05) is 40.0 Å². The van der Waals surface area contributed by atoms with Crippen molar-refractivity contribution in [1.82, 2.24) is 4.90 Å². The van der Waals surface area contributed by atoms with Crippen LogP contribution in [0.3, 0.4) is 0 Å². The van der Waals surface area contributed by atoms with E-state index in [-0.39, 0.29) is 0 Å². The molecule has 3 heteroatoms. The average Bonchev–Trinajstić information content (AvgIpc) is 2.15. The predicted molar refractivity (Wildman–Crippen MR) is 48.3 cm³/mol. The van der Waals surface area contributed by atoms with E-state index in [2.05, 4.69) is 11.8 Å². The van der Waals surface area contributed by atoms with Crippen LogP contribution in [0.1, 0.15) is 13.3 Å². The van der Waals surface area contributed by atoms with Gasteiger partial charge < -0.3 is 9.47 Å². The zero-order chi connectivity index (χ0) is 8.81. The number of hydrogen-bond acceptors (Lipinski definition) is 3. The molecule has 1 atom stereocenters. The molecule has 1 saturated heterocycles. The summed E-state index contributed by atoms with van der Waals surface area (Å²) >= 11 is 0. The highest BCUT2D eigenvalue weighted by molar-refractivity contribution is 4.69. The molecule has 1 rings (SSSR count). The first-order valence-corrected chi connectivity index (χ1v) is 4.69. The summed E-state index contributed by atoms with van der Waals surface area (Å²) in [5.41, 5.74) is 0. The van der Waals surface area contributed by atoms with Gasteiger partial charge in [0.05, 0.1) is 12.7 Å². The van der Waals surface area contributed by atoms with Crippen molar-refractivity contribution in [3.05, 3.63) is 0 Å². The fourth-order valence-corrected chi connectivity index (χ4v) is 1.49. The Morgan fingerprint density at radius 1 is 1.58 bits per heavy atom. The molecule has 0 spiro atoms. The van der Waals surface area contributed by atoms with Crippen LogP contribution in [-0.2, 0) is 9.47 Å². The molecule has 0 aromatic carbocycles. The average molecular weight is 173 g/mol. The van der Waals surface area contributed by atoms with E-state index in [9.17, 15) is 0 Å². The third-order valence-corrected chi connectivity index (χ3v) is 2.31. The van der Waals surface area contributed by atoms with Gasteiger partial charge >= 0.3 is 0 Å². The molecule has 0 amide bonds. The lowest BCUT2D eigenvalue weighted by atomic mass is 10.2. The molecule has 0 aromatic heterocycles. The second kappa shape index (κ2) is 5.51. The smallest absolute Gasteiger partial charge is 0.0724 e. The van der Waals surface area contributed by atoms with Gasteiger partial charge in [-0.1, -0.05) is 6.92 Å². The summed E-state index contributed by atoms with van der Waals surface area (Å²) in [5.74, 6) is 0. The molecule has 3 nitrogen and oxygen atoms in total. The number of rotatable bonds is 4. The molecule has 0 radical (unpaired) electrons. The molecule has 0 aliphatic carbocycles. The van der Waals surface area contributed by atoms with Gasteiger partial charge in [-0.15, -0.1) is 0 Å². The number of hydrogen-bond donors (Lipinski definition) is 0. The van der Waals surface area contributed by atoms with Crippen LogP contribution in [0.4, 0.5) is 0 Å². The van der Waals surface area contributed by atoms with Crippen molar-refractivity contribution in [3.63, 3.8) is 0 Å². The van der Waals surface area contributed by atoms with Crippen molar-refractivity contribution in [2.24, 2.45) is 0 Å². The number of likely N-dealkylation sites (N-methyl/N-ethyl adjacent to an activating group) is 1. The topological polar surface area (TPSA) is 21.7 Å². The van der Waals surface area contributed by atoms with Crippen molar-refractivity contribution in [2.45, 2.75) is 19.4 Å². The number of ether oxygens (including phenoxy) is 2. The fourth-order valence-electron chi connectivity index (χ4n) is 1.49. The molecule has 1 fully saturated rings. The van der Waals surface area contributed by atoms with Crippen LogP contribution < -0.4 is 0 Å². The first-order valence-electron chi connectivity index (χ1n) is 4.69. The molecular formula is C9H19NO2. The highest BCUT2D eigenvalue weighted by Crippen LogP contribution is 2.07. The third kappa shape index (κ3) is 3.09. The Labute approximate surface area is 74.6 Å². The van der Waals surface area contributed by atoms with Gasteiger partial charge in [-0.3, -0.25) is 4.90 Å². The molecule has 72 valence electrons. The van der Waals surface area contributed by atoms with E-state index in [1.807, 2.05) is 0 Å². The van der Waals surface area contributed by atoms with Gasteiger partial charge in [0.1, 0.15) is 0 Å². The lowest BCUT2D eigenvalue weighted by Crippen LogP contribution is -2.42. The van der Waals surface area contributed by atoms with Crippen LogP contribution >= 0.6 is 0 Å². The minimum atomic E-state index is 0.388. The molecule has 0 saturated carbocycles. The first kappa shape index (κ1) is 9.96. The van der Waals surface area contributed by atoms with Crippen LogP contribution in [0.15, 0.2) is 0 Å². The predicted octanol–water partition coefficient (Wildman–Crippen LogP) is 0.744. The van der Waals surface area contributed by atoms with Crippen molar-refractivity contribution >= 4 is 0 Å². The Morgan fingerprint density at radius 3 is 3.08 bits per heavy atom. The molecule has 0 bridgehead atoms. The standard InChI is InChI=1S/C9H19NO2/c1-3-10-5-7-12-9(8-10)4-6-11-2/h9H,3-8H2,1-2H3/t9-/m1/s1. The monoisotopic (exact) mass is 173 g/mol. The Balaban J connectivity index is 2.16. The van der Waals surface area contributed by atoms with Gasteiger partial charge in [0.25, 0.3) is 0 Å². The zero-order valence-electron chi connectivity index (χ0n) is 8.08. The van der Waals surface area contributed by atoms with Gasteiger partial charge in [0.15, 0.2) is 0 Å². The fraction of sp³-hybridized carbons (Fsp3) is 1.00. The maximum absolute atomic E-state index is 5.59. The largest absolute Gasteiger partial charge is 0.385 e. The van der Waals surface area contributed by atoms with Gasteiger partial charge in [-0.2, -0.15) is 0 Å². The van der Waals surface area contributed by atoms with Crippen LogP contribution in [-0.4, -0.2) is 51.0 Å². The van der Waals surface area contributed by atoms with Crippen LogP contribution in [0.2, 0.25) is 0 Å². The minimum Gasteiger partial charge on any atom is -0.385 e. The molecule has 1 heterocycles. The van der Waals surface area contributed by atoms with E-state index >= 15 is 0 Å². The Hall–Kier alpha value is -0.120. The maximum atomic E-state index is 5.59. The van der Waals surface area contributed by atoms with E-state index < -0.39 is 0 Å². The van der Waals surface area contributed by atoms with Gasteiger partial charge in [0, 0.05) is 26.8 Å². The first-order chi connectivity index (χ1) is 5.86. The van der Waals surface area contributed by atoms with E-state index in [0.29, 0.717) is 6.10 Å². The van der Waals surface area contributed by atoms with E-state index in [1.165, 1.54) is 0 Å². The summed E-state index contributed by atoms with van der Waals surface area (Å²) in [4.78, 5) is 2.42. The van der Waals surface area contributed by atoms with Crippen molar-refractivity contribution < 1.29 is 9.47 Å². The third-order valence-electron chi connectivity index (χ3n) is 2.31. The van der Waals surface area contributed by atoms with E-state index in [1.54, 1.807) is 7.11 Å². The van der Waals surface area contributed by atoms with E-state index in [0.717, 1.165) is 39.3 Å². The highest BCUT2D eigenvalue weighted by Gasteiger charge is 2.18. The quantitative estimate of drug-likeness (QED) is 0.626. The van der Waals surface area contributed by atoms with Crippen molar-refractivity contribution in [1.29, 1.82) is 0 Å². The Kier molecular flexibility index (Phi) is 4.58. The second-order valence-electron chi connectivity index (χ2n) is 3.17. The molecular weight excluding hydrogens is 154 g/mol. The lowest BCUT2D eigenvalue weighted by molar-refractivity contribution is -0.0390. The summed E-state index contributed by atoms with van der Waals surface area (Å²) in [5, 5.41) is 0. The zero-order valence-corrected chi connectivity index (χ0v) is 8.08. The number of nitrogens with zero attached hydrogens (tertiary/aromatic N) is 1. The number of methoxy groups -OCH3 is 1. The van der Waals surface area contributed by atoms with Gasteiger partial charge in [-0.25, -0.2) is 0 Å². The van der Waals surface area contributed by atoms with E-state index in [4.69, 9.17) is 9.47 Å². The maximum Gasteiger partial charge on any atom is 0.0724 e. The molecule has 0 N–H and O–H groups in total. The lowest BCUT2D eigenvalue weighted by Gasteiger charge is -2.31. The highest BCUT2D eigenvalue weighted by atomic mass is 16.5. The van der Waals surface area contributed by atoms with Gasteiger partial charge in [-0.05, 0) is 13.0 Å². The van der Waals surface area contributed by atoms with Crippen LogP contribution in [0.5, 0.6) is 0 Å². The normalized spacial score (nSPS) is 26.0. The number of morpholine rings is 1. The Morgan fingerprint density at radius 2 is 2.42 bits per heavy atom. The summed E-state index contributed by atoms with van der Waals surface area (Å²) in [6.07, 6.45) is 1.41. The summed E-state index contributed by atoms with van der Waals surface area (Å²) in [6.45, 7) is 7.16. The Bertz CT molecular complexity index is 119.